The van der Waals surface area contributed by atoms with Crippen molar-refractivity contribution < 1.29 is 4.79 Å². The number of carbonyl (C=O) groups excluding carboxylic acids is 1. The molecule has 0 fully saturated rings. The molecule has 1 heterocycles. The van der Waals surface area contributed by atoms with Gasteiger partial charge in [0.1, 0.15) is 5.69 Å². The van der Waals surface area contributed by atoms with Crippen LogP contribution in [0.1, 0.15) is 23.8 Å². The quantitative estimate of drug-likeness (QED) is 0.633. The number of nitrogens with two attached hydrogens (primary N) is 1. The zero-order chi connectivity index (χ0) is 8.97. The van der Waals surface area contributed by atoms with Crippen LogP contribution in [0.15, 0.2) is 6.20 Å². The van der Waals surface area contributed by atoms with Crippen molar-refractivity contribution in [3.05, 3.63) is 11.9 Å². The Morgan fingerprint density at radius 1 is 1.75 bits per heavy atom. The van der Waals surface area contributed by atoms with Crippen molar-refractivity contribution in [2.24, 2.45) is 5.73 Å². The summed E-state index contributed by atoms with van der Waals surface area (Å²) in [6, 6.07) is 0. The van der Waals surface area contributed by atoms with Gasteiger partial charge < -0.3 is 5.73 Å². The number of nitrogens with zero attached hydrogens (tertiary/aromatic N) is 3. The second-order valence-electron chi connectivity index (χ2n) is 2.42. The van der Waals surface area contributed by atoms with Crippen LogP contribution in [0.2, 0.25) is 0 Å². The molecule has 0 atom stereocenters. The zero-order valence-electron chi connectivity index (χ0n) is 7.03. The Morgan fingerprint density at radius 2 is 2.50 bits per heavy atom. The Hall–Kier alpha value is -1.23. The predicted octanol–water partition coefficient (Wildman–Crippen LogP) is -0.170. The number of aryl methyl sites for hydroxylation is 1. The third-order valence-electron chi connectivity index (χ3n) is 1.52. The van der Waals surface area contributed by atoms with Gasteiger partial charge in [-0.25, -0.2) is 0 Å². The summed E-state index contributed by atoms with van der Waals surface area (Å²) >= 11 is 0. The van der Waals surface area contributed by atoms with Crippen LogP contribution in [0.4, 0.5) is 0 Å². The van der Waals surface area contributed by atoms with Crippen molar-refractivity contribution in [1.82, 2.24) is 15.0 Å². The molecule has 0 aliphatic carbocycles. The van der Waals surface area contributed by atoms with Gasteiger partial charge in [0, 0.05) is 13.0 Å². The average molecular weight is 168 g/mol. The first-order valence-corrected chi connectivity index (χ1v) is 3.91. The highest BCUT2D eigenvalue weighted by molar-refractivity contribution is 5.93. The van der Waals surface area contributed by atoms with Crippen LogP contribution in [-0.4, -0.2) is 27.3 Å². The fraction of sp³-hybridized carbons (Fsp3) is 0.571. The van der Waals surface area contributed by atoms with E-state index in [-0.39, 0.29) is 5.78 Å². The minimum Gasteiger partial charge on any atom is -0.330 e. The Labute approximate surface area is 70.6 Å². The third-order valence-corrected chi connectivity index (χ3v) is 1.52. The first-order valence-electron chi connectivity index (χ1n) is 3.91. The average Bonchev–Trinajstić information content (AvgIpc) is 2.52. The lowest BCUT2D eigenvalue weighted by atomic mass is 10.2. The van der Waals surface area contributed by atoms with Gasteiger partial charge >= 0.3 is 0 Å². The Kier molecular flexibility index (Phi) is 2.93. The van der Waals surface area contributed by atoms with Gasteiger partial charge in [0.2, 0.25) is 0 Å². The van der Waals surface area contributed by atoms with E-state index in [0.29, 0.717) is 18.7 Å². The van der Waals surface area contributed by atoms with E-state index >= 15 is 0 Å². The van der Waals surface area contributed by atoms with Crippen molar-refractivity contribution in [3.8, 4) is 0 Å². The van der Waals surface area contributed by atoms with Gasteiger partial charge in [0.15, 0.2) is 5.78 Å². The molecule has 5 heteroatoms. The van der Waals surface area contributed by atoms with Crippen LogP contribution in [0, 0.1) is 0 Å². The van der Waals surface area contributed by atoms with E-state index in [0.717, 1.165) is 6.54 Å². The van der Waals surface area contributed by atoms with E-state index in [2.05, 4.69) is 10.3 Å². The second-order valence-corrected chi connectivity index (χ2v) is 2.42. The maximum absolute atomic E-state index is 11.2. The number of ketones is 1. The van der Waals surface area contributed by atoms with Gasteiger partial charge in [-0.3, -0.25) is 9.48 Å². The lowest BCUT2D eigenvalue weighted by molar-refractivity contribution is 0.0980. The molecule has 0 saturated carbocycles. The van der Waals surface area contributed by atoms with Crippen LogP contribution in [-0.2, 0) is 6.54 Å². The highest BCUT2D eigenvalue weighted by Crippen LogP contribution is 1.97. The molecule has 1 rings (SSSR count). The topological polar surface area (TPSA) is 73.8 Å². The Morgan fingerprint density at radius 3 is 3.00 bits per heavy atom. The van der Waals surface area contributed by atoms with Gasteiger partial charge in [0.25, 0.3) is 0 Å². The molecule has 1 aromatic heterocycles. The number of hydrogen-bond donors (Lipinski definition) is 1. The monoisotopic (exact) mass is 168 g/mol. The van der Waals surface area contributed by atoms with E-state index in [1.54, 1.807) is 10.9 Å². The molecule has 5 nitrogen and oxygen atoms in total. The molecular formula is C7H12N4O. The lowest BCUT2D eigenvalue weighted by Gasteiger charge is -1.90. The molecule has 0 aromatic carbocycles. The van der Waals surface area contributed by atoms with Gasteiger partial charge in [0.05, 0.1) is 6.20 Å². The number of rotatable bonds is 4. The molecule has 0 aliphatic rings. The minimum atomic E-state index is -0.0443. The fourth-order valence-electron chi connectivity index (χ4n) is 0.840. The fourth-order valence-corrected chi connectivity index (χ4v) is 0.840. The molecule has 0 saturated heterocycles. The second kappa shape index (κ2) is 3.96. The first kappa shape index (κ1) is 8.86. The molecule has 0 radical (unpaired) electrons. The molecule has 0 bridgehead atoms. The summed E-state index contributed by atoms with van der Waals surface area (Å²) < 4.78 is 1.61. The van der Waals surface area contributed by atoms with Crippen LogP contribution in [0.5, 0.6) is 0 Å². The molecule has 0 aliphatic heterocycles. The maximum Gasteiger partial charge on any atom is 0.185 e. The number of carbonyl (C=O) groups is 1. The summed E-state index contributed by atoms with van der Waals surface area (Å²) in [4.78, 5) is 11.2. The lowest BCUT2D eigenvalue weighted by Crippen LogP contribution is -2.08. The van der Waals surface area contributed by atoms with Crippen molar-refractivity contribution in [3.63, 3.8) is 0 Å². The minimum absolute atomic E-state index is 0.0443. The van der Waals surface area contributed by atoms with Gasteiger partial charge in [-0.05, 0) is 13.5 Å². The summed E-state index contributed by atoms with van der Waals surface area (Å²) in [7, 11) is 0. The summed E-state index contributed by atoms with van der Waals surface area (Å²) in [5.74, 6) is -0.0443. The van der Waals surface area contributed by atoms with Gasteiger partial charge in [-0.15, -0.1) is 5.10 Å². The molecule has 0 amide bonds. The first-order chi connectivity index (χ1) is 5.77. The van der Waals surface area contributed by atoms with E-state index in [9.17, 15) is 4.79 Å². The molecule has 1 aromatic rings. The number of hydrogen-bond acceptors (Lipinski definition) is 4. The van der Waals surface area contributed by atoms with Crippen molar-refractivity contribution in [2.45, 2.75) is 19.9 Å². The highest BCUT2D eigenvalue weighted by atomic mass is 16.1. The highest BCUT2D eigenvalue weighted by Gasteiger charge is 2.08. The van der Waals surface area contributed by atoms with Crippen molar-refractivity contribution in [1.29, 1.82) is 0 Å². The summed E-state index contributed by atoms with van der Waals surface area (Å²) in [5.41, 5.74) is 5.64. The van der Waals surface area contributed by atoms with Crippen molar-refractivity contribution >= 4 is 5.78 Å². The largest absolute Gasteiger partial charge is 0.330 e. The smallest absolute Gasteiger partial charge is 0.185 e. The van der Waals surface area contributed by atoms with Crippen molar-refractivity contribution in [2.75, 3.05) is 6.54 Å². The van der Waals surface area contributed by atoms with Crippen LogP contribution < -0.4 is 5.73 Å². The Balaban J connectivity index is 2.68. The van der Waals surface area contributed by atoms with E-state index < -0.39 is 0 Å². The molecule has 2 N–H and O–H groups in total. The molecule has 12 heavy (non-hydrogen) atoms. The number of aromatic nitrogens is 3. The van der Waals surface area contributed by atoms with E-state index in [1.807, 2.05) is 6.92 Å². The normalized spacial score (nSPS) is 10.2. The predicted molar refractivity (Wildman–Crippen MR) is 43.7 cm³/mol. The van der Waals surface area contributed by atoms with Gasteiger partial charge in [-0.1, -0.05) is 5.21 Å². The summed E-state index contributed by atoms with van der Waals surface area (Å²) in [6.45, 7) is 3.02. The standard InChI is InChI=1S/C7H12N4O/c1-2-11-5-6(9-10-11)7(12)3-4-8/h5H,2-4,8H2,1H3. The van der Waals surface area contributed by atoms with E-state index in [1.165, 1.54) is 0 Å². The molecule has 0 unspecified atom stereocenters. The SMILES string of the molecule is CCn1cc(C(=O)CCN)nn1. The maximum atomic E-state index is 11.2. The van der Waals surface area contributed by atoms with Crippen LogP contribution in [0.25, 0.3) is 0 Å². The van der Waals surface area contributed by atoms with E-state index in [4.69, 9.17) is 5.73 Å². The molecular weight excluding hydrogens is 156 g/mol. The molecule has 0 spiro atoms. The van der Waals surface area contributed by atoms with Crippen LogP contribution in [0.3, 0.4) is 0 Å². The number of Topliss-reactive ketones (excluding diaryl/α,β-unsaturated/α-hetero) is 1. The van der Waals surface area contributed by atoms with Gasteiger partial charge in [-0.2, -0.15) is 0 Å². The Bertz CT molecular complexity index is 268. The zero-order valence-corrected chi connectivity index (χ0v) is 7.03. The third kappa shape index (κ3) is 1.88. The summed E-state index contributed by atoms with van der Waals surface area (Å²) in [6.07, 6.45) is 1.97. The molecule has 66 valence electrons. The summed E-state index contributed by atoms with van der Waals surface area (Å²) in [5, 5.41) is 7.46. The van der Waals surface area contributed by atoms with Crippen LogP contribution >= 0.6 is 0 Å².